The lowest BCUT2D eigenvalue weighted by molar-refractivity contribution is 0.672. The maximum atomic E-state index is 6.37. The van der Waals surface area contributed by atoms with Gasteiger partial charge in [-0.15, -0.1) is 0 Å². The van der Waals surface area contributed by atoms with Crippen LogP contribution in [0.5, 0.6) is 0 Å². The predicted molar refractivity (Wildman–Crippen MR) is 118 cm³/mol. The van der Waals surface area contributed by atoms with Gasteiger partial charge in [0, 0.05) is 27.1 Å². The van der Waals surface area contributed by atoms with Gasteiger partial charge >= 0.3 is 0 Å². The third kappa shape index (κ3) is 1.77. The van der Waals surface area contributed by atoms with Crippen molar-refractivity contribution in [2.24, 2.45) is 0 Å². The molecule has 7 aromatic rings. The lowest BCUT2D eigenvalue weighted by Gasteiger charge is -1.98. The van der Waals surface area contributed by atoms with E-state index in [1.807, 2.05) is 0 Å². The van der Waals surface area contributed by atoms with Crippen molar-refractivity contribution in [3.63, 3.8) is 0 Å². The van der Waals surface area contributed by atoms with Gasteiger partial charge < -0.3 is 9.40 Å². The van der Waals surface area contributed by atoms with Crippen LogP contribution < -0.4 is 0 Å². The summed E-state index contributed by atoms with van der Waals surface area (Å²) < 4.78 is 6.37. The summed E-state index contributed by atoms with van der Waals surface area (Å²) in [6.45, 7) is 0. The molecule has 0 atom stereocenters. The van der Waals surface area contributed by atoms with E-state index in [4.69, 9.17) is 4.42 Å². The van der Waals surface area contributed by atoms with Gasteiger partial charge in [0.05, 0.1) is 5.52 Å². The lowest BCUT2D eigenvalue weighted by Crippen LogP contribution is -1.73. The maximum absolute atomic E-state index is 6.37. The summed E-state index contributed by atoms with van der Waals surface area (Å²) in [5.74, 6) is 0. The minimum atomic E-state index is 0.933. The first-order valence-corrected chi connectivity index (χ1v) is 9.53. The Kier molecular flexibility index (Phi) is 2.52. The standard InChI is InChI=1S/C26H15NO/c1-3-7-17-13-23-21(11-15(17)5-1)19-9-10-20-22-12-16-6-2-4-8-18(16)14-24(22)28-26(20)25(19)27-23/h1-14,27H. The first kappa shape index (κ1) is 14.3. The highest BCUT2D eigenvalue weighted by Crippen LogP contribution is 2.38. The largest absolute Gasteiger partial charge is 0.454 e. The zero-order valence-corrected chi connectivity index (χ0v) is 15.0. The summed E-state index contributed by atoms with van der Waals surface area (Å²) in [5.41, 5.74) is 4.09. The van der Waals surface area contributed by atoms with E-state index in [9.17, 15) is 0 Å². The van der Waals surface area contributed by atoms with E-state index in [1.54, 1.807) is 0 Å². The molecule has 0 bridgehead atoms. The molecule has 0 aliphatic rings. The van der Waals surface area contributed by atoms with Gasteiger partial charge in [-0.2, -0.15) is 0 Å². The lowest BCUT2D eigenvalue weighted by atomic mass is 10.0. The molecule has 130 valence electrons. The SMILES string of the molecule is c1ccc2cc3c(cc2c1)[nH]c1c3ccc2c3cc4ccccc4cc3oc21. The second-order valence-electron chi connectivity index (χ2n) is 7.53. The van der Waals surface area contributed by atoms with Gasteiger partial charge in [-0.3, -0.25) is 0 Å². The molecule has 0 saturated heterocycles. The first-order chi connectivity index (χ1) is 13.8. The fraction of sp³-hybridized carbons (Fsp3) is 0. The Balaban J connectivity index is 1.66. The van der Waals surface area contributed by atoms with Crippen molar-refractivity contribution in [3.05, 3.63) is 84.9 Å². The van der Waals surface area contributed by atoms with Crippen LogP contribution in [0, 0.1) is 0 Å². The van der Waals surface area contributed by atoms with E-state index in [0.29, 0.717) is 0 Å². The molecule has 2 nitrogen and oxygen atoms in total. The summed E-state index contributed by atoms with van der Waals surface area (Å²) in [6.07, 6.45) is 0. The molecule has 0 radical (unpaired) electrons. The summed E-state index contributed by atoms with van der Waals surface area (Å²) >= 11 is 0. The van der Waals surface area contributed by atoms with Gasteiger partial charge in [0.25, 0.3) is 0 Å². The molecule has 1 N–H and O–H groups in total. The van der Waals surface area contributed by atoms with E-state index in [-0.39, 0.29) is 0 Å². The summed E-state index contributed by atoms with van der Waals surface area (Å²) in [4.78, 5) is 3.62. The highest BCUT2D eigenvalue weighted by Gasteiger charge is 2.15. The normalized spacial score (nSPS) is 12.3. The van der Waals surface area contributed by atoms with E-state index < -0.39 is 0 Å². The maximum Gasteiger partial charge on any atom is 0.159 e. The number of benzene rings is 5. The Morgan fingerprint density at radius 1 is 0.536 bits per heavy atom. The number of rotatable bonds is 0. The van der Waals surface area contributed by atoms with Crippen molar-refractivity contribution in [2.45, 2.75) is 0 Å². The zero-order valence-electron chi connectivity index (χ0n) is 15.0. The van der Waals surface area contributed by atoms with Crippen LogP contribution in [0.2, 0.25) is 0 Å². The molecule has 2 heteroatoms. The topological polar surface area (TPSA) is 28.9 Å². The molecule has 0 aliphatic carbocycles. The number of fused-ring (bicyclic) bond motifs is 9. The summed E-state index contributed by atoms with van der Waals surface area (Å²) in [5, 5.41) is 9.70. The van der Waals surface area contributed by atoms with Crippen LogP contribution in [0.1, 0.15) is 0 Å². The number of furan rings is 1. The molecule has 0 saturated carbocycles. The fourth-order valence-corrected chi connectivity index (χ4v) is 4.57. The first-order valence-electron chi connectivity index (χ1n) is 9.53. The molecule has 0 unspecified atom stereocenters. The van der Waals surface area contributed by atoms with E-state index in [1.165, 1.54) is 37.7 Å². The molecular weight excluding hydrogens is 342 g/mol. The van der Waals surface area contributed by atoms with Gasteiger partial charge in [0.15, 0.2) is 5.58 Å². The number of aromatic nitrogens is 1. The molecular formula is C26H15NO. The van der Waals surface area contributed by atoms with Crippen LogP contribution in [0.4, 0.5) is 0 Å². The Morgan fingerprint density at radius 2 is 1.14 bits per heavy atom. The molecule has 2 heterocycles. The van der Waals surface area contributed by atoms with Crippen LogP contribution in [0.15, 0.2) is 89.3 Å². The second-order valence-corrected chi connectivity index (χ2v) is 7.53. The molecule has 2 aromatic heterocycles. The van der Waals surface area contributed by atoms with Crippen LogP contribution >= 0.6 is 0 Å². The van der Waals surface area contributed by atoms with Crippen LogP contribution in [-0.4, -0.2) is 4.98 Å². The van der Waals surface area contributed by atoms with E-state index in [2.05, 4.69) is 89.9 Å². The van der Waals surface area contributed by atoms with Crippen molar-refractivity contribution in [1.29, 1.82) is 0 Å². The van der Waals surface area contributed by atoms with E-state index in [0.717, 1.165) is 27.6 Å². The number of hydrogen-bond acceptors (Lipinski definition) is 1. The van der Waals surface area contributed by atoms with Gasteiger partial charge in [-0.25, -0.2) is 0 Å². The quantitative estimate of drug-likeness (QED) is 0.299. The molecule has 28 heavy (non-hydrogen) atoms. The average Bonchev–Trinajstić information content (AvgIpc) is 3.27. The van der Waals surface area contributed by atoms with Crippen LogP contribution in [-0.2, 0) is 0 Å². The third-order valence-electron chi connectivity index (χ3n) is 5.94. The summed E-state index contributed by atoms with van der Waals surface area (Å²) in [6, 6.07) is 30.2. The monoisotopic (exact) mass is 357 g/mol. The molecule has 7 rings (SSSR count). The Hall–Kier alpha value is -3.78. The number of hydrogen-bond donors (Lipinski definition) is 1. The molecule has 5 aromatic carbocycles. The van der Waals surface area contributed by atoms with Gasteiger partial charge in [0.1, 0.15) is 5.58 Å². The van der Waals surface area contributed by atoms with Gasteiger partial charge in [0.2, 0.25) is 0 Å². The Morgan fingerprint density at radius 3 is 1.89 bits per heavy atom. The highest BCUT2D eigenvalue weighted by molar-refractivity contribution is 6.22. The third-order valence-corrected chi connectivity index (χ3v) is 5.94. The Bertz CT molecular complexity index is 1590. The predicted octanol–water partition coefficient (Wildman–Crippen LogP) is 7.53. The second kappa shape index (κ2) is 4.93. The fourth-order valence-electron chi connectivity index (χ4n) is 4.57. The van der Waals surface area contributed by atoms with E-state index >= 15 is 0 Å². The molecule has 0 spiro atoms. The summed E-state index contributed by atoms with van der Waals surface area (Å²) in [7, 11) is 0. The molecule has 0 fully saturated rings. The van der Waals surface area contributed by atoms with Gasteiger partial charge in [-0.1, -0.05) is 54.6 Å². The zero-order chi connectivity index (χ0) is 18.2. The average molecular weight is 357 g/mol. The van der Waals surface area contributed by atoms with Crippen molar-refractivity contribution in [2.75, 3.05) is 0 Å². The number of nitrogens with one attached hydrogen (secondary N) is 1. The number of aromatic amines is 1. The minimum absolute atomic E-state index is 0.933. The molecule has 0 aliphatic heterocycles. The van der Waals surface area contributed by atoms with Crippen molar-refractivity contribution >= 4 is 65.3 Å². The minimum Gasteiger partial charge on any atom is -0.454 e. The van der Waals surface area contributed by atoms with Crippen LogP contribution in [0.25, 0.3) is 65.3 Å². The molecule has 0 amide bonds. The number of H-pyrrole nitrogens is 1. The van der Waals surface area contributed by atoms with Crippen molar-refractivity contribution < 1.29 is 4.42 Å². The van der Waals surface area contributed by atoms with Crippen molar-refractivity contribution in [3.8, 4) is 0 Å². The Labute approximate surface area is 160 Å². The van der Waals surface area contributed by atoms with Crippen LogP contribution in [0.3, 0.4) is 0 Å². The smallest absolute Gasteiger partial charge is 0.159 e. The van der Waals surface area contributed by atoms with Crippen molar-refractivity contribution in [1.82, 2.24) is 4.98 Å². The van der Waals surface area contributed by atoms with Gasteiger partial charge in [-0.05, 0) is 51.9 Å². The highest BCUT2D eigenvalue weighted by atomic mass is 16.3.